The molecule has 0 spiro atoms. The maximum atomic E-state index is 13.6. The van der Waals surface area contributed by atoms with Gasteiger partial charge in [-0.3, -0.25) is 4.79 Å². The van der Waals surface area contributed by atoms with Crippen molar-refractivity contribution in [2.75, 3.05) is 11.9 Å². The molecule has 0 fully saturated rings. The van der Waals surface area contributed by atoms with Gasteiger partial charge in [0, 0.05) is 6.54 Å². The normalized spacial score (nSPS) is 11.5. The molecule has 1 rings (SSSR count). The van der Waals surface area contributed by atoms with Gasteiger partial charge in [-0.15, -0.1) is 0 Å². The quantitative estimate of drug-likeness (QED) is 0.859. The molecule has 0 aliphatic rings. The summed E-state index contributed by atoms with van der Waals surface area (Å²) in [4.78, 5) is 11.6. The Kier molecular flexibility index (Phi) is 5.24. The third-order valence-corrected chi connectivity index (χ3v) is 2.47. The molecule has 1 unspecified atom stereocenters. The number of nitrogens with zero attached hydrogens (tertiary/aromatic N) is 1. The Hall–Kier alpha value is -2.16. The minimum Gasteiger partial charge on any atom is -0.369 e. The van der Waals surface area contributed by atoms with E-state index in [9.17, 15) is 13.6 Å². The molecule has 0 aliphatic carbocycles. The number of benzene rings is 1. The molecular weight excluding hydrogens is 252 g/mol. The number of nitriles is 1. The van der Waals surface area contributed by atoms with Crippen molar-refractivity contribution in [1.82, 2.24) is 5.32 Å². The van der Waals surface area contributed by atoms with Crippen molar-refractivity contribution in [3.8, 4) is 6.07 Å². The van der Waals surface area contributed by atoms with Gasteiger partial charge in [0.2, 0.25) is 5.91 Å². The van der Waals surface area contributed by atoms with Crippen LogP contribution in [0.4, 0.5) is 14.5 Å². The molecule has 0 saturated carbocycles. The number of halogens is 2. The highest BCUT2D eigenvalue weighted by Gasteiger charge is 2.17. The number of hydrogen-bond donors (Lipinski definition) is 2. The van der Waals surface area contributed by atoms with Crippen LogP contribution >= 0.6 is 0 Å². The molecule has 0 saturated heterocycles. The largest absolute Gasteiger partial charge is 0.369 e. The van der Waals surface area contributed by atoms with Crippen LogP contribution in [0, 0.1) is 23.0 Å². The van der Waals surface area contributed by atoms with Crippen LogP contribution in [0.3, 0.4) is 0 Å². The Morgan fingerprint density at radius 2 is 2.00 bits per heavy atom. The molecule has 1 atom stereocenters. The van der Waals surface area contributed by atoms with Crippen LogP contribution < -0.4 is 10.6 Å². The van der Waals surface area contributed by atoms with Crippen LogP contribution in [0.2, 0.25) is 0 Å². The van der Waals surface area contributed by atoms with Gasteiger partial charge >= 0.3 is 0 Å². The predicted molar refractivity (Wildman–Crippen MR) is 67.5 cm³/mol. The lowest BCUT2D eigenvalue weighted by atomic mass is 10.2. The van der Waals surface area contributed by atoms with E-state index in [0.717, 1.165) is 18.6 Å². The van der Waals surface area contributed by atoms with Crippen LogP contribution in [0.25, 0.3) is 0 Å². The lowest BCUT2D eigenvalue weighted by Crippen LogP contribution is -2.38. The minimum atomic E-state index is -0.897. The lowest BCUT2D eigenvalue weighted by molar-refractivity contribution is -0.121. The Morgan fingerprint density at radius 3 is 2.47 bits per heavy atom. The summed E-state index contributed by atoms with van der Waals surface area (Å²) in [6.07, 6.45) is 0.776. The van der Waals surface area contributed by atoms with E-state index in [4.69, 9.17) is 5.26 Å². The van der Waals surface area contributed by atoms with E-state index >= 15 is 0 Å². The second-order valence-electron chi connectivity index (χ2n) is 4.08. The van der Waals surface area contributed by atoms with Crippen molar-refractivity contribution in [2.24, 2.45) is 0 Å². The average molecular weight is 267 g/mol. The number of hydrogen-bond acceptors (Lipinski definition) is 3. The first-order chi connectivity index (χ1) is 8.99. The standard InChI is InChI=1S/C13H15F2N3O/c1-3-4-17-13(19)8(2)18-12-10(14)5-9(7-16)6-11(12)15/h5-6,8,18H,3-4H2,1-2H3,(H,17,19). The van der Waals surface area contributed by atoms with E-state index in [1.54, 1.807) is 6.07 Å². The van der Waals surface area contributed by atoms with Gasteiger partial charge in [-0.25, -0.2) is 8.78 Å². The van der Waals surface area contributed by atoms with Gasteiger partial charge < -0.3 is 10.6 Å². The van der Waals surface area contributed by atoms with Gasteiger partial charge in [0.15, 0.2) is 11.6 Å². The highest BCUT2D eigenvalue weighted by Crippen LogP contribution is 2.21. The smallest absolute Gasteiger partial charge is 0.242 e. The van der Waals surface area contributed by atoms with Crippen molar-refractivity contribution in [3.63, 3.8) is 0 Å². The Bertz CT molecular complexity index is 488. The van der Waals surface area contributed by atoms with E-state index < -0.39 is 23.4 Å². The summed E-state index contributed by atoms with van der Waals surface area (Å²) in [5, 5.41) is 13.7. The van der Waals surface area contributed by atoms with Crippen LogP contribution in [0.5, 0.6) is 0 Å². The zero-order chi connectivity index (χ0) is 14.4. The third kappa shape index (κ3) is 3.91. The van der Waals surface area contributed by atoms with Gasteiger partial charge in [0.25, 0.3) is 0 Å². The molecule has 1 aromatic carbocycles. The summed E-state index contributed by atoms with van der Waals surface area (Å²) >= 11 is 0. The summed E-state index contributed by atoms with van der Waals surface area (Å²) in [7, 11) is 0. The van der Waals surface area contributed by atoms with Crippen molar-refractivity contribution >= 4 is 11.6 Å². The fourth-order valence-electron chi connectivity index (χ4n) is 1.46. The molecule has 0 aliphatic heterocycles. The molecular formula is C13H15F2N3O. The second kappa shape index (κ2) is 6.69. The number of rotatable bonds is 5. The predicted octanol–water partition coefficient (Wildman–Crippen LogP) is 2.16. The molecule has 4 nitrogen and oxygen atoms in total. The molecule has 19 heavy (non-hydrogen) atoms. The van der Waals surface area contributed by atoms with Crippen molar-refractivity contribution in [2.45, 2.75) is 26.3 Å². The first-order valence-electron chi connectivity index (χ1n) is 5.93. The highest BCUT2D eigenvalue weighted by atomic mass is 19.1. The van der Waals surface area contributed by atoms with Crippen LogP contribution in [0.15, 0.2) is 12.1 Å². The first kappa shape index (κ1) is 14.9. The summed E-state index contributed by atoms with van der Waals surface area (Å²) in [5.41, 5.74) is -0.512. The molecule has 0 heterocycles. The second-order valence-corrected chi connectivity index (χ2v) is 4.08. The van der Waals surface area contributed by atoms with E-state index in [0.29, 0.717) is 6.54 Å². The molecule has 0 aromatic heterocycles. The van der Waals surface area contributed by atoms with Gasteiger partial charge in [0.05, 0.1) is 11.6 Å². The molecule has 1 amide bonds. The number of carbonyl (C=O) groups is 1. The van der Waals surface area contributed by atoms with Crippen LogP contribution in [-0.4, -0.2) is 18.5 Å². The van der Waals surface area contributed by atoms with Crippen molar-refractivity contribution in [3.05, 3.63) is 29.3 Å². The first-order valence-corrected chi connectivity index (χ1v) is 5.93. The fraction of sp³-hybridized carbons (Fsp3) is 0.385. The van der Waals surface area contributed by atoms with E-state index in [1.165, 1.54) is 6.92 Å². The third-order valence-electron chi connectivity index (χ3n) is 2.47. The molecule has 0 bridgehead atoms. The molecule has 0 radical (unpaired) electrons. The summed E-state index contributed by atoms with van der Waals surface area (Å²) in [6, 6.07) is 2.72. The van der Waals surface area contributed by atoms with E-state index in [1.807, 2.05) is 6.92 Å². The number of carbonyl (C=O) groups excluding carboxylic acids is 1. The molecule has 1 aromatic rings. The van der Waals surface area contributed by atoms with Crippen molar-refractivity contribution in [1.29, 1.82) is 5.26 Å². The maximum Gasteiger partial charge on any atom is 0.242 e. The van der Waals surface area contributed by atoms with Gasteiger partial charge in [0.1, 0.15) is 11.7 Å². The van der Waals surface area contributed by atoms with Crippen LogP contribution in [-0.2, 0) is 4.79 Å². The summed E-state index contributed by atoms with van der Waals surface area (Å²) in [6.45, 7) is 3.91. The summed E-state index contributed by atoms with van der Waals surface area (Å²) in [5.74, 6) is -2.14. The summed E-state index contributed by atoms with van der Waals surface area (Å²) < 4.78 is 27.2. The van der Waals surface area contributed by atoms with E-state index in [2.05, 4.69) is 10.6 Å². The van der Waals surface area contributed by atoms with Gasteiger partial charge in [-0.1, -0.05) is 6.92 Å². The average Bonchev–Trinajstić information content (AvgIpc) is 2.39. The minimum absolute atomic E-state index is 0.108. The monoisotopic (exact) mass is 267 g/mol. The molecule has 6 heteroatoms. The highest BCUT2D eigenvalue weighted by molar-refractivity contribution is 5.84. The van der Waals surface area contributed by atoms with E-state index in [-0.39, 0.29) is 11.5 Å². The SMILES string of the molecule is CCCNC(=O)C(C)Nc1c(F)cc(C#N)cc1F. The number of anilines is 1. The molecule has 102 valence electrons. The maximum absolute atomic E-state index is 13.6. The topological polar surface area (TPSA) is 64.9 Å². The Labute approximate surface area is 110 Å². The van der Waals surface area contributed by atoms with Gasteiger partial charge in [-0.2, -0.15) is 5.26 Å². The fourth-order valence-corrected chi connectivity index (χ4v) is 1.46. The van der Waals surface area contributed by atoms with Crippen molar-refractivity contribution < 1.29 is 13.6 Å². The zero-order valence-corrected chi connectivity index (χ0v) is 10.8. The number of nitrogens with one attached hydrogen (secondary N) is 2. The Morgan fingerprint density at radius 1 is 1.42 bits per heavy atom. The zero-order valence-electron chi connectivity index (χ0n) is 10.8. The lowest BCUT2D eigenvalue weighted by Gasteiger charge is -2.16. The molecule has 2 N–H and O–H groups in total. The van der Waals surface area contributed by atoms with Crippen LogP contribution in [0.1, 0.15) is 25.8 Å². The number of amides is 1. The van der Waals surface area contributed by atoms with Gasteiger partial charge in [-0.05, 0) is 25.5 Å². The Balaban J connectivity index is 2.83.